The van der Waals surface area contributed by atoms with Crippen LogP contribution in [0.25, 0.3) is 0 Å². The van der Waals surface area contributed by atoms with Gasteiger partial charge in [0.15, 0.2) is 0 Å². The van der Waals surface area contributed by atoms with E-state index in [4.69, 9.17) is 14.2 Å². The third-order valence-corrected chi connectivity index (χ3v) is 2.74. The van der Waals surface area contributed by atoms with E-state index in [-0.39, 0.29) is 0 Å². The van der Waals surface area contributed by atoms with Crippen LogP contribution in [0.2, 0.25) is 0 Å². The minimum atomic E-state index is -1.26. The van der Waals surface area contributed by atoms with Crippen LogP contribution in [0.1, 0.15) is 27.7 Å². The topological polar surface area (TPSA) is 47.8 Å². The second kappa shape index (κ2) is 6.33. The maximum Gasteiger partial charge on any atom is 0.368 e. The van der Waals surface area contributed by atoms with Crippen LogP contribution < -0.4 is 0 Å². The zero-order valence-electron chi connectivity index (χ0n) is 11.2. The van der Waals surface area contributed by atoms with E-state index in [1.807, 2.05) is 13.8 Å². The molecule has 5 nitrogen and oxygen atoms in total. The molecule has 0 N–H and O–H groups in total. The van der Waals surface area contributed by atoms with Crippen molar-refractivity contribution >= 4 is 5.97 Å². The molecule has 1 saturated heterocycles. The molecule has 0 aromatic heterocycles. The maximum absolute atomic E-state index is 12.0. The van der Waals surface area contributed by atoms with Crippen LogP contribution in [0.15, 0.2) is 0 Å². The van der Waals surface area contributed by atoms with Gasteiger partial charge in [-0.15, -0.1) is 0 Å². The van der Waals surface area contributed by atoms with Gasteiger partial charge >= 0.3 is 5.97 Å². The number of ether oxygens (including phenoxy) is 3. The Morgan fingerprint density at radius 1 is 1.24 bits per heavy atom. The SMILES string of the molecule is CCOC(=O)C(CN1CC1C)(OCC)OCC. The molecule has 0 saturated carbocycles. The van der Waals surface area contributed by atoms with Gasteiger partial charge in [0.25, 0.3) is 5.79 Å². The first-order chi connectivity index (χ1) is 8.09. The van der Waals surface area contributed by atoms with Gasteiger partial charge in [-0.05, 0) is 27.7 Å². The van der Waals surface area contributed by atoms with E-state index in [9.17, 15) is 4.79 Å². The Morgan fingerprint density at radius 3 is 2.12 bits per heavy atom. The Balaban J connectivity index is 2.73. The molecule has 1 rings (SSSR count). The molecule has 17 heavy (non-hydrogen) atoms. The minimum Gasteiger partial charge on any atom is -0.462 e. The third kappa shape index (κ3) is 3.66. The predicted molar refractivity (Wildman–Crippen MR) is 63.7 cm³/mol. The lowest BCUT2D eigenvalue weighted by Crippen LogP contribution is -2.51. The van der Waals surface area contributed by atoms with Crippen LogP contribution in [0, 0.1) is 0 Å². The molecular weight excluding hydrogens is 222 g/mol. The Labute approximate surface area is 103 Å². The normalized spacial score (nSPS) is 23.5. The van der Waals surface area contributed by atoms with Gasteiger partial charge in [-0.1, -0.05) is 0 Å². The van der Waals surface area contributed by atoms with Gasteiger partial charge in [0.2, 0.25) is 0 Å². The van der Waals surface area contributed by atoms with Crippen molar-refractivity contribution in [2.45, 2.75) is 39.5 Å². The molecular formula is C12H23NO4. The van der Waals surface area contributed by atoms with Crippen molar-refractivity contribution in [3.8, 4) is 0 Å². The highest BCUT2D eigenvalue weighted by molar-refractivity contribution is 5.78. The van der Waals surface area contributed by atoms with E-state index in [1.54, 1.807) is 6.92 Å². The Kier molecular flexibility index (Phi) is 5.36. The van der Waals surface area contributed by atoms with Gasteiger partial charge in [0.05, 0.1) is 13.2 Å². The van der Waals surface area contributed by atoms with E-state index >= 15 is 0 Å². The second-order valence-electron chi connectivity index (χ2n) is 4.12. The van der Waals surface area contributed by atoms with E-state index < -0.39 is 11.8 Å². The molecule has 0 aliphatic carbocycles. The number of carbonyl (C=O) groups excluding carboxylic acids is 1. The van der Waals surface area contributed by atoms with Crippen LogP contribution >= 0.6 is 0 Å². The number of hydrogen-bond donors (Lipinski definition) is 0. The monoisotopic (exact) mass is 245 g/mol. The Bertz CT molecular complexity index is 251. The summed E-state index contributed by atoms with van der Waals surface area (Å²) in [6.45, 7) is 10.2. The summed E-state index contributed by atoms with van der Waals surface area (Å²) < 4.78 is 16.2. The molecule has 0 amide bonds. The van der Waals surface area contributed by atoms with Crippen molar-refractivity contribution in [3.05, 3.63) is 0 Å². The lowest BCUT2D eigenvalue weighted by Gasteiger charge is -2.31. The van der Waals surface area contributed by atoms with Crippen LogP contribution in [0.3, 0.4) is 0 Å². The number of carbonyl (C=O) groups is 1. The van der Waals surface area contributed by atoms with Crippen molar-refractivity contribution in [3.63, 3.8) is 0 Å². The molecule has 0 bridgehead atoms. The lowest BCUT2D eigenvalue weighted by atomic mass is 10.2. The van der Waals surface area contributed by atoms with E-state index in [1.165, 1.54) is 0 Å². The number of hydrogen-bond acceptors (Lipinski definition) is 5. The van der Waals surface area contributed by atoms with E-state index in [0.29, 0.717) is 32.4 Å². The molecule has 0 aromatic carbocycles. The fourth-order valence-electron chi connectivity index (χ4n) is 1.80. The molecule has 1 aliphatic rings. The average Bonchev–Trinajstić information content (AvgIpc) is 2.95. The first-order valence-corrected chi connectivity index (χ1v) is 6.28. The standard InChI is InChI=1S/C12H23NO4/c1-5-15-11(14)12(16-6-2,17-7-3)9-13-8-10(13)4/h10H,5-9H2,1-4H3. The number of nitrogens with zero attached hydrogens (tertiary/aromatic N) is 1. The fraction of sp³-hybridized carbons (Fsp3) is 0.917. The molecule has 1 aliphatic heterocycles. The summed E-state index contributed by atoms with van der Waals surface area (Å²) in [6, 6.07) is 0.490. The minimum absolute atomic E-state index is 0.330. The largest absolute Gasteiger partial charge is 0.462 e. The van der Waals surface area contributed by atoms with Crippen LogP contribution in [0.5, 0.6) is 0 Å². The summed E-state index contributed by atoms with van der Waals surface area (Å²) in [7, 11) is 0. The highest BCUT2D eigenvalue weighted by Gasteiger charge is 2.48. The van der Waals surface area contributed by atoms with Crippen LogP contribution in [-0.4, -0.2) is 55.6 Å². The van der Waals surface area contributed by atoms with Gasteiger partial charge in [-0.25, -0.2) is 4.79 Å². The van der Waals surface area contributed by atoms with Crippen molar-refractivity contribution in [2.75, 3.05) is 32.9 Å². The van der Waals surface area contributed by atoms with Crippen molar-refractivity contribution in [1.29, 1.82) is 0 Å². The summed E-state index contributed by atoms with van der Waals surface area (Å²) in [4.78, 5) is 14.1. The van der Waals surface area contributed by atoms with E-state index in [2.05, 4.69) is 11.8 Å². The van der Waals surface area contributed by atoms with Gasteiger partial charge in [-0.3, -0.25) is 4.90 Å². The lowest BCUT2D eigenvalue weighted by molar-refractivity contribution is -0.247. The summed E-state index contributed by atoms with van der Waals surface area (Å²) >= 11 is 0. The molecule has 100 valence electrons. The summed E-state index contributed by atoms with van der Waals surface area (Å²) in [5.41, 5.74) is 0. The van der Waals surface area contributed by atoms with Crippen molar-refractivity contribution < 1.29 is 19.0 Å². The number of rotatable bonds is 8. The van der Waals surface area contributed by atoms with Crippen molar-refractivity contribution in [1.82, 2.24) is 4.90 Å². The van der Waals surface area contributed by atoms with Crippen LogP contribution in [-0.2, 0) is 19.0 Å². The van der Waals surface area contributed by atoms with Gasteiger partial charge < -0.3 is 14.2 Å². The maximum atomic E-state index is 12.0. The van der Waals surface area contributed by atoms with E-state index in [0.717, 1.165) is 6.54 Å². The van der Waals surface area contributed by atoms with Gasteiger partial charge in [0.1, 0.15) is 0 Å². The molecule has 2 unspecified atom stereocenters. The summed E-state index contributed by atoms with van der Waals surface area (Å²) in [5.74, 6) is -1.69. The summed E-state index contributed by atoms with van der Waals surface area (Å²) in [5, 5.41) is 0. The summed E-state index contributed by atoms with van der Waals surface area (Å²) in [6.07, 6.45) is 0. The molecule has 0 radical (unpaired) electrons. The molecule has 1 heterocycles. The van der Waals surface area contributed by atoms with Crippen LogP contribution in [0.4, 0.5) is 0 Å². The molecule has 5 heteroatoms. The molecule has 2 atom stereocenters. The molecule has 0 spiro atoms. The highest BCUT2D eigenvalue weighted by atomic mass is 16.7. The van der Waals surface area contributed by atoms with Gasteiger partial charge in [0, 0.05) is 25.8 Å². The second-order valence-corrected chi connectivity index (χ2v) is 4.12. The third-order valence-electron chi connectivity index (χ3n) is 2.74. The first-order valence-electron chi connectivity index (χ1n) is 6.28. The number of esters is 1. The Morgan fingerprint density at radius 2 is 1.76 bits per heavy atom. The zero-order chi connectivity index (χ0) is 12.9. The smallest absolute Gasteiger partial charge is 0.368 e. The molecule has 1 fully saturated rings. The Hall–Kier alpha value is -0.650. The quantitative estimate of drug-likeness (QED) is 0.363. The predicted octanol–water partition coefficient (Wildman–Crippen LogP) is 1.02. The highest BCUT2D eigenvalue weighted by Crippen LogP contribution is 2.25. The first kappa shape index (κ1) is 14.4. The molecule has 0 aromatic rings. The zero-order valence-corrected chi connectivity index (χ0v) is 11.2. The van der Waals surface area contributed by atoms with Crippen molar-refractivity contribution in [2.24, 2.45) is 0 Å². The van der Waals surface area contributed by atoms with Gasteiger partial charge in [-0.2, -0.15) is 0 Å². The average molecular weight is 245 g/mol. The fourth-order valence-corrected chi connectivity index (χ4v) is 1.80.